The molecule has 8 aromatic heterocycles. The summed E-state index contributed by atoms with van der Waals surface area (Å²) in [6.45, 7) is 0. The highest BCUT2D eigenvalue weighted by molar-refractivity contribution is 7.26. The van der Waals surface area contributed by atoms with E-state index in [0.717, 1.165) is 151 Å². The molecule has 0 saturated heterocycles. The van der Waals surface area contributed by atoms with Gasteiger partial charge in [0.2, 0.25) is 0 Å². The summed E-state index contributed by atoms with van der Waals surface area (Å²) in [5, 5.41) is 7.35. The van der Waals surface area contributed by atoms with Crippen LogP contribution in [0.4, 0.5) is 0 Å². The van der Waals surface area contributed by atoms with E-state index in [0.29, 0.717) is 17.5 Å². The van der Waals surface area contributed by atoms with Crippen LogP contribution < -0.4 is 0 Å². The molecule has 10 nitrogen and oxygen atoms in total. The summed E-state index contributed by atoms with van der Waals surface area (Å²) in [6.07, 6.45) is 11.0. The van der Waals surface area contributed by atoms with E-state index in [9.17, 15) is 0 Å². The van der Waals surface area contributed by atoms with Crippen molar-refractivity contribution in [2.45, 2.75) is 0 Å². The van der Waals surface area contributed by atoms with Crippen LogP contribution in [0.25, 0.3) is 255 Å². The van der Waals surface area contributed by atoms with Gasteiger partial charge in [-0.1, -0.05) is 443 Å². The average molecular weight is 1860 g/mol. The molecule has 0 N–H and O–H groups in total. The van der Waals surface area contributed by atoms with Gasteiger partial charge in [0, 0.05) is 124 Å². The van der Waals surface area contributed by atoms with Gasteiger partial charge in [0.25, 0.3) is 0 Å². The molecule has 0 aliphatic heterocycles. The fraction of sp³-hybridized carbons (Fsp3) is 0. The van der Waals surface area contributed by atoms with Crippen LogP contribution in [-0.2, 0) is 0 Å². The van der Waals surface area contributed by atoms with Crippen LogP contribution in [0.15, 0.2) is 533 Å². The van der Waals surface area contributed by atoms with E-state index in [1.807, 2.05) is 78.5 Å². The van der Waals surface area contributed by atoms with Crippen molar-refractivity contribution in [3.8, 4) is 202 Å². The second-order valence-electron chi connectivity index (χ2n) is 35.5. The van der Waals surface area contributed by atoms with Crippen molar-refractivity contribution in [2.24, 2.45) is 0 Å². The van der Waals surface area contributed by atoms with Crippen molar-refractivity contribution in [1.82, 2.24) is 44.9 Å². The van der Waals surface area contributed by atoms with E-state index in [1.165, 1.54) is 86.6 Å². The summed E-state index contributed by atoms with van der Waals surface area (Å²) in [5.74, 6) is 2.06. The highest BCUT2D eigenvalue weighted by Gasteiger charge is 2.21. The van der Waals surface area contributed by atoms with Crippen molar-refractivity contribution in [1.29, 1.82) is 0 Å². The molecule has 676 valence electrons. The monoisotopic (exact) mass is 1860 g/mol. The topological polar surface area (TPSA) is 129 Å². The number of hydrogen-bond donors (Lipinski definition) is 0. The SMILES string of the molecule is c1ccc(-c2ccc(-c3cc(-c4ccc(-c5cccc6c5oc5ccccc56)cc4)nc(-c4ccc(-c5cccnc5)cc4)n3)cc2)cc1.c1ccc(-c2ccc(-c3cc(-c4ccc(-c5cccc6c5sc5ccccc56)cc4)nc(-c4ccc(-c5cccnc5)cc4)n3)cc2)cc1.c1ccc(-c2ccc(-c3cc(-c4ccc(-c5cccc6ccccc56)cc4)nc(-c4ccc(-c5cccnc5)cc4)n3)cc2)cc1. The number of pyridine rings is 3. The minimum Gasteiger partial charge on any atom is -0.455 e. The zero-order chi connectivity index (χ0) is 95.9. The third-order valence-electron chi connectivity index (χ3n) is 26.5. The van der Waals surface area contributed by atoms with Crippen LogP contribution in [0, 0.1) is 0 Å². The first-order chi connectivity index (χ1) is 71.3. The van der Waals surface area contributed by atoms with Crippen molar-refractivity contribution in [3.05, 3.63) is 529 Å². The Kier molecular flexibility index (Phi) is 24.2. The fourth-order valence-electron chi connectivity index (χ4n) is 18.9. The van der Waals surface area contributed by atoms with Crippen LogP contribution in [0.5, 0.6) is 0 Å². The molecule has 0 spiro atoms. The standard InChI is InChI=1S/C45H29N3O.C45H29N3S.C43H29N3/c2*1-2-8-30(9-3-1)31-15-21-34(22-16-31)41-28-42(48-45(47-41)36-25-17-32(18-26-36)37-10-7-27-46-29-37)35-23-19-33(20-24-35)38-12-6-13-40-39-11-4-5-14-43(39)49-44(38)40;1-2-8-30(9-3-1)31-15-21-35(22-16-31)41-28-42(46-43(45-41)37-25-17-32(18-26-37)38-12-7-27-44-29-38)36-23-19-34(20-24-36)40-14-6-11-33-10-4-5-13-39(33)40/h2*1-29H;1-29H. The van der Waals surface area contributed by atoms with Crippen molar-refractivity contribution in [3.63, 3.8) is 0 Å². The number of nitrogens with zero attached hydrogens (tertiary/aromatic N) is 9. The molecular weight excluding hydrogens is 1770 g/mol. The van der Waals surface area contributed by atoms with Gasteiger partial charge in [-0.3, -0.25) is 15.0 Å². The summed E-state index contributed by atoms with van der Waals surface area (Å²) >= 11 is 1.86. The van der Waals surface area contributed by atoms with Crippen LogP contribution in [-0.4, -0.2) is 44.9 Å². The molecule has 0 saturated carbocycles. The van der Waals surface area contributed by atoms with Crippen molar-refractivity contribution in [2.75, 3.05) is 0 Å². The molecule has 0 fully saturated rings. The van der Waals surface area contributed by atoms with E-state index in [2.05, 4.69) is 458 Å². The van der Waals surface area contributed by atoms with Crippen LogP contribution >= 0.6 is 11.3 Å². The molecule has 0 aliphatic carbocycles. The molecule has 26 aromatic rings. The van der Waals surface area contributed by atoms with Gasteiger partial charge < -0.3 is 4.42 Å². The number of fused-ring (bicyclic) bond motifs is 7. The Morgan fingerprint density at radius 1 is 0.167 bits per heavy atom. The van der Waals surface area contributed by atoms with Crippen LogP contribution in [0.3, 0.4) is 0 Å². The summed E-state index contributed by atoms with van der Waals surface area (Å²) in [6, 6.07) is 172. The average Bonchev–Trinajstić information content (AvgIpc) is 1.62. The van der Waals surface area contributed by atoms with Gasteiger partial charge in [-0.15, -0.1) is 11.3 Å². The first-order valence-corrected chi connectivity index (χ1v) is 48.9. The number of para-hydroxylation sites is 2. The van der Waals surface area contributed by atoms with Crippen LogP contribution in [0.1, 0.15) is 0 Å². The maximum atomic E-state index is 6.33. The van der Waals surface area contributed by atoms with E-state index >= 15 is 0 Å². The van der Waals surface area contributed by atoms with Gasteiger partial charge in [0.05, 0.1) is 34.2 Å². The first kappa shape index (κ1) is 87.7. The molecule has 18 aromatic carbocycles. The number of furan rings is 1. The van der Waals surface area contributed by atoms with E-state index in [4.69, 9.17) is 34.3 Å². The lowest BCUT2D eigenvalue weighted by molar-refractivity contribution is 0.670. The van der Waals surface area contributed by atoms with Crippen molar-refractivity contribution < 1.29 is 4.42 Å². The quantitative estimate of drug-likeness (QED) is 0.0819. The molecular formula is C133H87N9OS. The highest BCUT2D eigenvalue weighted by Crippen LogP contribution is 2.44. The number of aromatic nitrogens is 9. The van der Waals surface area contributed by atoms with Gasteiger partial charge in [0.15, 0.2) is 17.5 Å². The first-order valence-electron chi connectivity index (χ1n) is 48.1. The fourth-order valence-corrected chi connectivity index (χ4v) is 20.2. The Morgan fingerprint density at radius 2 is 0.431 bits per heavy atom. The van der Waals surface area contributed by atoms with Gasteiger partial charge >= 0.3 is 0 Å². The van der Waals surface area contributed by atoms with Gasteiger partial charge in [-0.05, 0) is 154 Å². The minimum absolute atomic E-state index is 0.675. The number of hydrogen-bond acceptors (Lipinski definition) is 11. The Hall–Kier alpha value is -19.1. The molecule has 0 amide bonds. The molecule has 26 rings (SSSR count). The lowest BCUT2D eigenvalue weighted by Gasteiger charge is -2.12. The zero-order valence-corrected chi connectivity index (χ0v) is 78.9. The van der Waals surface area contributed by atoms with Gasteiger partial charge in [-0.2, -0.15) is 0 Å². The Bertz CT molecular complexity index is 8390. The molecule has 0 aliphatic rings. The second-order valence-corrected chi connectivity index (χ2v) is 36.5. The number of rotatable bonds is 18. The predicted molar refractivity (Wildman–Crippen MR) is 595 cm³/mol. The highest BCUT2D eigenvalue weighted by atomic mass is 32.1. The number of thiophene rings is 1. The largest absolute Gasteiger partial charge is 0.455 e. The summed E-state index contributed by atoms with van der Waals surface area (Å²) in [5.41, 5.74) is 36.8. The molecule has 144 heavy (non-hydrogen) atoms. The third kappa shape index (κ3) is 18.5. The third-order valence-corrected chi connectivity index (χ3v) is 27.7. The molecule has 11 heteroatoms. The summed E-state index contributed by atoms with van der Waals surface area (Å²) < 4.78 is 8.96. The Balaban J connectivity index is 0.000000116. The maximum Gasteiger partial charge on any atom is 0.160 e. The van der Waals surface area contributed by atoms with E-state index in [1.54, 1.807) is 18.6 Å². The Morgan fingerprint density at radius 3 is 0.819 bits per heavy atom. The smallest absolute Gasteiger partial charge is 0.160 e. The number of benzene rings is 18. The molecule has 0 bridgehead atoms. The Labute approximate surface area is 837 Å². The van der Waals surface area contributed by atoms with E-state index < -0.39 is 0 Å². The maximum absolute atomic E-state index is 6.33. The van der Waals surface area contributed by atoms with Gasteiger partial charge in [0.1, 0.15) is 11.2 Å². The normalized spacial score (nSPS) is 11.2. The minimum atomic E-state index is 0.675. The van der Waals surface area contributed by atoms with E-state index in [-0.39, 0.29) is 0 Å². The molecule has 8 heterocycles. The molecule has 0 unspecified atom stereocenters. The molecule has 0 atom stereocenters. The lowest BCUT2D eigenvalue weighted by atomic mass is 9.97. The second kappa shape index (κ2) is 39.8. The lowest BCUT2D eigenvalue weighted by Crippen LogP contribution is -1.96. The predicted octanol–water partition coefficient (Wildman–Crippen LogP) is 35.0. The van der Waals surface area contributed by atoms with Gasteiger partial charge in [-0.25, -0.2) is 29.9 Å². The summed E-state index contributed by atoms with van der Waals surface area (Å²) in [4.78, 5) is 43.4. The van der Waals surface area contributed by atoms with Crippen molar-refractivity contribution >= 4 is 64.2 Å². The van der Waals surface area contributed by atoms with Crippen LogP contribution in [0.2, 0.25) is 0 Å². The zero-order valence-electron chi connectivity index (χ0n) is 78.1. The summed E-state index contributed by atoms with van der Waals surface area (Å²) in [7, 11) is 0. The molecule has 0 radical (unpaired) electrons.